The van der Waals surface area contributed by atoms with E-state index in [0.29, 0.717) is 5.56 Å². The van der Waals surface area contributed by atoms with Crippen LogP contribution in [0.25, 0.3) is 11.3 Å². The molecule has 2 aromatic rings. The van der Waals surface area contributed by atoms with Gasteiger partial charge in [0.1, 0.15) is 10.7 Å². The number of carbonyl (C=O) groups is 1. The maximum Gasteiger partial charge on any atom is 0.443 e. The van der Waals surface area contributed by atoms with Gasteiger partial charge in [0.15, 0.2) is 0 Å². The monoisotopic (exact) mass is 288 g/mol. The van der Waals surface area contributed by atoms with Gasteiger partial charge in [0.05, 0.1) is 0 Å². The minimum atomic E-state index is -4.60. The highest BCUT2D eigenvalue weighted by Gasteiger charge is 2.36. The SMILES string of the molecule is O=C(O)Nc1sc(C(F)(F)F)nc1-c1ccccc1. The summed E-state index contributed by atoms with van der Waals surface area (Å²) in [7, 11) is 0. The first kappa shape index (κ1) is 13.3. The number of benzene rings is 1. The highest BCUT2D eigenvalue weighted by atomic mass is 32.1. The van der Waals surface area contributed by atoms with Crippen LogP contribution in [-0.2, 0) is 6.18 Å². The number of nitrogens with zero attached hydrogens (tertiary/aromatic N) is 1. The standard InChI is InChI=1S/C11H7F3N2O2S/c12-11(13,14)9-15-7(6-4-2-1-3-5-6)8(19-9)16-10(17)18/h1-5,16H,(H,17,18). The summed E-state index contributed by atoms with van der Waals surface area (Å²) in [5, 5.41) is 9.34. The van der Waals surface area contributed by atoms with Crippen molar-refractivity contribution in [3.05, 3.63) is 35.3 Å². The Bertz CT molecular complexity index is 596. The number of amides is 1. The number of hydrogen-bond acceptors (Lipinski definition) is 3. The fourth-order valence-corrected chi connectivity index (χ4v) is 2.26. The average Bonchev–Trinajstić information content (AvgIpc) is 2.73. The third kappa shape index (κ3) is 3.02. The Morgan fingerprint density at radius 2 is 1.89 bits per heavy atom. The van der Waals surface area contributed by atoms with E-state index in [-0.39, 0.29) is 22.0 Å². The summed E-state index contributed by atoms with van der Waals surface area (Å²) >= 11 is 0.262. The van der Waals surface area contributed by atoms with Crippen molar-refractivity contribution >= 4 is 22.4 Å². The number of alkyl halides is 3. The van der Waals surface area contributed by atoms with Gasteiger partial charge in [-0.15, -0.1) is 0 Å². The van der Waals surface area contributed by atoms with Crippen LogP contribution in [0.2, 0.25) is 0 Å². The molecule has 0 aliphatic heterocycles. The Balaban J connectivity index is 2.52. The summed E-state index contributed by atoms with van der Waals surface area (Å²) in [6, 6.07) is 8.08. The largest absolute Gasteiger partial charge is 0.465 e. The Morgan fingerprint density at radius 1 is 1.26 bits per heavy atom. The van der Waals surface area contributed by atoms with Gasteiger partial charge >= 0.3 is 12.3 Å². The number of hydrogen-bond donors (Lipinski definition) is 2. The van der Waals surface area contributed by atoms with Crippen LogP contribution in [0.1, 0.15) is 5.01 Å². The lowest BCUT2D eigenvalue weighted by Crippen LogP contribution is -2.06. The van der Waals surface area contributed by atoms with Gasteiger partial charge in [0.25, 0.3) is 0 Å². The van der Waals surface area contributed by atoms with Crippen LogP contribution in [0, 0.1) is 0 Å². The average molecular weight is 288 g/mol. The maximum absolute atomic E-state index is 12.6. The minimum absolute atomic E-state index is 0.0275. The molecule has 0 unspecified atom stereocenters. The second-order valence-electron chi connectivity index (χ2n) is 3.49. The van der Waals surface area contributed by atoms with E-state index < -0.39 is 17.3 Å². The van der Waals surface area contributed by atoms with E-state index in [4.69, 9.17) is 5.11 Å². The first-order valence-corrected chi connectivity index (χ1v) is 5.83. The van der Waals surface area contributed by atoms with Crippen LogP contribution in [-0.4, -0.2) is 16.2 Å². The molecule has 0 aliphatic carbocycles. The Labute approximate surface area is 109 Å². The van der Waals surface area contributed by atoms with E-state index in [1.165, 1.54) is 0 Å². The summed E-state index contributed by atoms with van der Waals surface area (Å²) in [5.41, 5.74) is 0.387. The number of aromatic nitrogens is 1. The van der Waals surface area contributed by atoms with Gasteiger partial charge in [-0.05, 0) is 0 Å². The number of thiazole rings is 1. The third-order valence-electron chi connectivity index (χ3n) is 2.14. The molecule has 0 bridgehead atoms. The molecule has 0 saturated heterocycles. The molecule has 2 N–H and O–H groups in total. The normalized spacial score (nSPS) is 11.3. The van der Waals surface area contributed by atoms with Crippen molar-refractivity contribution < 1.29 is 23.1 Å². The van der Waals surface area contributed by atoms with E-state index in [1.807, 2.05) is 5.32 Å². The van der Waals surface area contributed by atoms with Crippen molar-refractivity contribution in [2.75, 3.05) is 5.32 Å². The zero-order valence-corrected chi connectivity index (χ0v) is 10.0. The van der Waals surface area contributed by atoms with Gasteiger partial charge in [-0.3, -0.25) is 5.32 Å². The molecule has 0 aliphatic rings. The predicted octanol–water partition coefficient (Wildman–Crippen LogP) is 3.92. The second kappa shape index (κ2) is 4.88. The summed E-state index contributed by atoms with van der Waals surface area (Å²) in [4.78, 5) is 14.1. The highest BCUT2D eigenvalue weighted by Crippen LogP contribution is 2.40. The van der Waals surface area contributed by atoms with Gasteiger partial charge in [-0.2, -0.15) is 13.2 Å². The van der Waals surface area contributed by atoms with E-state index >= 15 is 0 Å². The van der Waals surface area contributed by atoms with Crippen molar-refractivity contribution in [1.82, 2.24) is 4.98 Å². The lowest BCUT2D eigenvalue weighted by atomic mass is 10.2. The number of anilines is 1. The third-order valence-corrected chi connectivity index (χ3v) is 3.15. The molecule has 1 heterocycles. The number of rotatable bonds is 2. The molecule has 1 aromatic heterocycles. The van der Waals surface area contributed by atoms with Crippen molar-refractivity contribution in [2.45, 2.75) is 6.18 Å². The molecule has 1 amide bonds. The van der Waals surface area contributed by atoms with Crippen molar-refractivity contribution in [3.63, 3.8) is 0 Å². The van der Waals surface area contributed by atoms with E-state index in [2.05, 4.69) is 4.98 Å². The van der Waals surface area contributed by atoms with Gasteiger partial charge in [-0.1, -0.05) is 41.7 Å². The molecule has 0 fully saturated rings. The Kier molecular flexibility index (Phi) is 3.43. The Hall–Kier alpha value is -2.09. The van der Waals surface area contributed by atoms with Crippen LogP contribution in [0.15, 0.2) is 30.3 Å². The molecule has 4 nitrogen and oxygen atoms in total. The van der Waals surface area contributed by atoms with Gasteiger partial charge in [-0.25, -0.2) is 9.78 Å². The fourth-order valence-electron chi connectivity index (χ4n) is 1.41. The zero-order valence-electron chi connectivity index (χ0n) is 9.23. The predicted molar refractivity (Wildman–Crippen MR) is 64.2 cm³/mol. The van der Waals surface area contributed by atoms with E-state index in [1.54, 1.807) is 30.3 Å². The summed E-state index contributed by atoms with van der Waals surface area (Å²) in [6.45, 7) is 0. The van der Waals surface area contributed by atoms with Crippen LogP contribution in [0.5, 0.6) is 0 Å². The van der Waals surface area contributed by atoms with Crippen molar-refractivity contribution in [1.29, 1.82) is 0 Å². The van der Waals surface area contributed by atoms with Gasteiger partial charge in [0, 0.05) is 5.56 Å². The topological polar surface area (TPSA) is 62.2 Å². The number of halogens is 3. The van der Waals surface area contributed by atoms with E-state index in [0.717, 1.165) is 0 Å². The first-order chi connectivity index (χ1) is 8.88. The van der Waals surface area contributed by atoms with Crippen LogP contribution >= 0.6 is 11.3 Å². The molecule has 2 rings (SSSR count). The zero-order chi connectivity index (χ0) is 14.0. The van der Waals surface area contributed by atoms with Crippen molar-refractivity contribution in [2.24, 2.45) is 0 Å². The highest BCUT2D eigenvalue weighted by molar-refractivity contribution is 7.16. The summed E-state index contributed by atoms with van der Waals surface area (Å²) in [5.74, 6) is 0. The Morgan fingerprint density at radius 3 is 2.42 bits per heavy atom. The molecule has 0 spiro atoms. The molecule has 19 heavy (non-hydrogen) atoms. The summed E-state index contributed by atoms with van der Waals surface area (Å²) < 4.78 is 37.8. The first-order valence-electron chi connectivity index (χ1n) is 5.01. The molecule has 0 atom stereocenters. The van der Waals surface area contributed by atoms with E-state index in [9.17, 15) is 18.0 Å². The minimum Gasteiger partial charge on any atom is -0.465 e. The van der Waals surface area contributed by atoms with Crippen LogP contribution in [0.4, 0.5) is 23.0 Å². The molecular weight excluding hydrogens is 281 g/mol. The molecule has 100 valence electrons. The molecule has 0 saturated carbocycles. The number of nitrogens with one attached hydrogen (secondary N) is 1. The molecular formula is C11H7F3N2O2S. The molecule has 0 radical (unpaired) electrons. The van der Waals surface area contributed by atoms with Gasteiger partial charge < -0.3 is 5.11 Å². The lowest BCUT2D eigenvalue weighted by Gasteiger charge is -2.01. The summed E-state index contributed by atoms with van der Waals surface area (Å²) in [6.07, 6.45) is -6.04. The van der Waals surface area contributed by atoms with Gasteiger partial charge in [0.2, 0.25) is 5.01 Å². The smallest absolute Gasteiger partial charge is 0.443 e. The van der Waals surface area contributed by atoms with Crippen LogP contribution in [0.3, 0.4) is 0 Å². The molecule has 1 aromatic carbocycles. The van der Waals surface area contributed by atoms with Crippen LogP contribution < -0.4 is 5.32 Å². The second-order valence-corrected chi connectivity index (χ2v) is 4.49. The maximum atomic E-state index is 12.6. The van der Waals surface area contributed by atoms with Crippen molar-refractivity contribution in [3.8, 4) is 11.3 Å². The molecule has 8 heteroatoms. The number of carboxylic acid groups (broad SMARTS) is 1. The lowest BCUT2D eigenvalue weighted by molar-refractivity contribution is -0.137. The quantitative estimate of drug-likeness (QED) is 0.880. The fraction of sp³-hybridized carbons (Fsp3) is 0.0909.